The molecule has 0 spiro atoms. The zero-order valence-electron chi connectivity index (χ0n) is 13.5. The van der Waals surface area contributed by atoms with Crippen molar-refractivity contribution in [3.8, 4) is 0 Å². The van der Waals surface area contributed by atoms with Crippen LogP contribution in [0.4, 0.5) is 0 Å². The van der Waals surface area contributed by atoms with E-state index < -0.39 is 17.9 Å². The highest BCUT2D eigenvalue weighted by molar-refractivity contribution is 6.62. The van der Waals surface area contributed by atoms with Crippen molar-refractivity contribution in [3.63, 3.8) is 0 Å². The number of ether oxygens (including phenoxy) is 3. The lowest BCUT2D eigenvalue weighted by Gasteiger charge is -2.02. The fourth-order valence-electron chi connectivity index (χ4n) is 0.601. The van der Waals surface area contributed by atoms with E-state index in [0.717, 1.165) is 0 Å². The van der Waals surface area contributed by atoms with Crippen molar-refractivity contribution in [2.75, 3.05) is 27.4 Å². The molecule has 0 fully saturated rings. The Labute approximate surface area is 139 Å². The number of rotatable bonds is 5. The summed E-state index contributed by atoms with van der Waals surface area (Å²) >= 11 is 4.64. The van der Waals surface area contributed by atoms with Crippen LogP contribution in [0.5, 0.6) is 0 Å². The molecule has 9 heteroatoms. The van der Waals surface area contributed by atoms with Crippen LogP contribution in [0.3, 0.4) is 0 Å². The summed E-state index contributed by atoms with van der Waals surface area (Å²) in [6.45, 7) is 8.66. The highest BCUT2D eigenvalue weighted by atomic mass is 35.5. The van der Waals surface area contributed by atoms with Crippen molar-refractivity contribution in [3.05, 3.63) is 24.3 Å². The highest BCUT2D eigenvalue weighted by Gasteiger charge is 2.07. The molecule has 0 aromatic carbocycles. The Hall–Kier alpha value is -2.19. The van der Waals surface area contributed by atoms with Crippen molar-refractivity contribution in [2.24, 2.45) is 0 Å². The maximum atomic E-state index is 10.6. The van der Waals surface area contributed by atoms with E-state index in [1.54, 1.807) is 0 Å². The lowest BCUT2D eigenvalue weighted by molar-refractivity contribution is -0.142. The lowest BCUT2D eigenvalue weighted by atomic mass is 10.3. The van der Waals surface area contributed by atoms with Gasteiger partial charge in [0.25, 0.3) is 0 Å². The number of carbonyl (C=O) groups is 4. The summed E-state index contributed by atoms with van der Waals surface area (Å²) in [4.78, 5) is 40.3. The Kier molecular flexibility index (Phi) is 18.1. The minimum Gasteiger partial charge on any atom is -0.466 e. The van der Waals surface area contributed by atoms with Crippen LogP contribution in [0.2, 0.25) is 0 Å². The number of carbonyl (C=O) groups excluding carboxylic acids is 4. The molecule has 0 unspecified atom stereocenters. The first kappa shape index (κ1) is 25.7. The molecule has 8 nitrogen and oxygen atoms in total. The minimum atomic E-state index is -0.564. The molecule has 0 amide bonds. The maximum absolute atomic E-state index is 10.6. The second-order valence-corrected chi connectivity index (χ2v) is 4.13. The monoisotopic (exact) mass is 352 g/mol. The van der Waals surface area contributed by atoms with Gasteiger partial charge in [-0.2, -0.15) is 0 Å². The predicted molar refractivity (Wildman–Crippen MR) is 82.6 cm³/mol. The topological polar surface area (TPSA) is 116 Å². The molecular formula is C14H21ClO8. The van der Waals surface area contributed by atoms with Crippen LogP contribution in [0, 0.1) is 0 Å². The molecule has 0 heterocycles. The SMILES string of the molecule is C=C(CO)C(=O)OC.C=C(COC(C)=O)C(=O)OC.CC(=O)Cl. The van der Waals surface area contributed by atoms with E-state index in [4.69, 9.17) is 5.11 Å². The summed E-state index contributed by atoms with van der Waals surface area (Å²) in [5.41, 5.74) is 0.204. The molecule has 0 aliphatic carbocycles. The Morgan fingerprint density at radius 1 is 0.957 bits per heavy atom. The fourth-order valence-corrected chi connectivity index (χ4v) is 0.601. The average Bonchev–Trinajstić information content (AvgIpc) is 2.49. The Morgan fingerprint density at radius 3 is 1.52 bits per heavy atom. The van der Waals surface area contributed by atoms with Crippen molar-refractivity contribution < 1.29 is 38.5 Å². The second kappa shape index (κ2) is 16.2. The molecule has 0 aromatic rings. The summed E-state index contributed by atoms with van der Waals surface area (Å²) in [6, 6.07) is 0. The molecule has 0 rings (SSSR count). The highest BCUT2D eigenvalue weighted by Crippen LogP contribution is 1.94. The van der Waals surface area contributed by atoms with E-state index in [1.165, 1.54) is 28.1 Å². The van der Waals surface area contributed by atoms with Crippen LogP contribution in [0.25, 0.3) is 0 Å². The van der Waals surface area contributed by atoms with Gasteiger partial charge in [0, 0.05) is 13.8 Å². The molecule has 0 aliphatic heterocycles. The van der Waals surface area contributed by atoms with Gasteiger partial charge in [-0.3, -0.25) is 9.59 Å². The Morgan fingerprint density at radius 2 is 1.30 bits per heavy atom. The smallest absolute Gasteiger partial charge is 0.336 e. The van der Waals surface area contributed by atoms with Gasteiger partial charge < -0.3 is 19.3 Å². The Balaban J connectivity index is -0.000000292. The summed E-state index contributed by atoms with van der Waals surface area (Å²) < 4.78 is 13.0. The molecule has 0 atom stereocenters. The largest absolute Gasteiger partial charge is 0.466 e. The van der Waals surface area contributed by atoms with Crippen LogP contribution in [-0.4, -0.2) is 55.7 Å². The summed E-state index contributed by atoms with van der Waals surface area (Å²) in [7, 11) is 2.48. The van der Waals surface area contributed by atoms with Gasteiger partial charge >= 0.3 is 17.9 Å². The summed E-state index contributed by atoms with van der Waals surface area (Å²) in [5.74, 6) is -1.58. The number of methoxy groups -OCH3 is 2. The first-order valence-electron chi connectivity index (χ1n) is 5.95. The van der Waals surface area contributed by atoms with E-state index >= 15 is 0 Å². The number of halogens is 1. The van der Waals surface area contributed by atoms with E-state index in [2.05, 4.69) is 39.0 Å². The molecular weight excluding hydrogens is 332 g/mol. The van der Waals surface area contributed by atoms with Gasteiger partial charge in [-0.25, -0.2) is 9.59 Å². The standard InChI is InChI=1S/C7H10O4.C5H8O3.C2H3ClO/c1-5(7(9)10-3)4-11-6(2)8;1-4(3-6)5(7)8-2;1-2(3)4/h1,4H2,2-3H3;6H,1,3H2,2H3;1H3. The molecule has 0 saturated carbocycles. The molecule has 23 heavy (non-hydrogen) atoms. The summed E-state index contributed by atoms with van der Waals surface area (Å²) in [5, 5.41) is 7.87. The lowest BCUT2D eigenvalue weighted by Crippen LogP contribution is -2.11. The van der Waals surface area contributed by atoms with Gasteiger partial charge in [-0.1, -0.05) is 13.2 Å². The first-order chi connectivity index (χ1) is 10.5. The predicted octanol–water partition coefficient (Wildman–Crippen LogP) is 0.758. The minimum absolute atomic E-state index is 0.0764. The number of aliphatic hydroxyl groups is 1. The third-order valence-electron chi connectivity index (χ3n) is 1.59. The van der Waals surface area contributed by atoms with Gasteiger partial charge in [-0.05, 0) is 11.6 Å². The quantitative estimate of drug-likeness (QED) is 0.333. The number of hydrogen-bond acceptors (Lipinski definition) is 8. The van der Waals surface area contributed by atoms with Crippen LogP contribution < -0.4 is 0 Å². The van der Waals surface area contributed by atoms with Crippen molar-refractivity contribution in [1.82, 2.24) is 0 Å². The van der Waals surface area contributed by atoms with Gasteiger partial charge in [0.2, 0.25) is 5.24 Å². The molecule has 0 saturated heterocycles. The zero-order chi connectivity index (χ0) is 19.0. The molecule has 132 valence electrons. The number of esters is 3. The van der Waals surface area contributed by atoms with E-state index in [1.807, 2.05) is 0 Å². The van der Waals surface area contributed by atoms with Crippen LogP contribution in [0.15, 0.2) is 24.3 Å². The van der Waals surface area contributed by atoms with Crippen molar-refractivity contribution in [1.29, 1.82) is 0 Å². The van der Waals surface area contributed by atoms with Gasteiger partial charge in [0.05, 0.1) is 32.0 Å². The Bertz CT molecular complexity index is 424. The fraction of sp³-hybridized carbons (Fsp3) is 0.429. The van der Waals surface area contributed by atoms with Crippen molar-refractivity contribution in [2.45, 2.75) is 13.8 Å². The molecule has 0 radical (unpaired) electrons. The van der Waals surface area contributed by atoms with Crippen LogP contribution >= 0.6 is 11.6 Å². The molecule has 0 bridgehead atoms. The van der Waals surface area contributed by atoms with Gasteiger partial charge in [-0.15, -0.1) is 0 Å². The molecule has 0 aromatic heterocycles. The third-order valence-corrected chi connectivity index (χ3v) is 1.59. The molecule has 0 aliphatic rings. The third kappa shape index (κ3) is 22.2. The van der Waals surface area contributed by atoms with Crippen LogP contribution in [0.1, 0.15) is 13.8 Å². The number of hydrogen-bond donors (Lipinski definition) is 1. The second-order valence-electron chi connectivity index (χ2n) is 3.60. The number of aliphatic hydroxyl groups excluding tert-OH is 1. The average molecular weight is 353 g/mol. The van der Waals surface area contributed by atoms with Crippen LogP contribution in [-0.2, 0) is 33.4 Å². The van der Waals surface area contributed by atoms with E-state index in [-0.39, 0.29) is 29.6 Å². The van der Waals surface area contributed by atoms with E-state index in [9.17, 15) is 19.2 Å². The van der Waals surface area contributed by atoms with E-state index in [0.29, 0.717) is 0 Å². The zero-order valence-corrected chi connectivity index (χ0v) is 14.3. The van der Waals surface area contributed by atoms with Gasteiger partial charge in [0.1, 0.15) is 6.61 Å². The van der Waals surface area contributed by atoms with Gasteiger partial charge in [0.15, 0.2) is 0 Å². The first-order valence-corrected chi connectivity index (χ1v) is 6.33. The van der Waals surface area contributed by atoms with Crippen molar-refractivity contribution >= 4 is 34.8 Å². The normalized spacial score (nSPS) is 8.09. The summed E-state index contributed by atoms with van der Waals surface area (Å²) in [6.07, 6.45) is 0. The molecule has 1 N–H and O–H groups in total. The maximum Gasteiger partial charge on any atom is 0.336 e.